The second-order valence-electron chi connectivity index (χ2n) is 5.14. The quantitative estimate of drug-likeness (QED) is 0.867. The van der Waals surface area contributed by atoms with E-state index in [4.69, 9.17) is 4.74 Å². The molecule has 22 heavy (non-hydrogen) atoms. The minimum absolute atomic E-state index is 0.0391. The molecule has 0 unspecified atom stereocenters. The summed E-state index contributed by atoms with van der Waals surface area (Å²) in [5, 5.41) is 0. The largest absolute Gasteiger partial charge is 0.368 e. The Balaban J connectivity index is 1.65. The first-order chi connectivity index (χ1) is 10.7. The van der Waals surface area contributed by atoms with Gasteiger partial charge in [-0.15, -0.1) is 0 Å². The van der Waals surface area contributed by atoms with Crippen molar-refractivity contribution >= 4 is 5.91 Å². The van der Waals surface area contributed by atoms with Gasteiger partial charge in [-0.25, -0.2) is 4.39 Å². The number of amides is 1. The van der Waals surface area contributed by atoms with Crippen molar-refractivity contribution in [3.05, 3.63) is 59.9 Å². The molecule has 1 aromatic heterocycles. The molecule has 6 heteroatoms. The second kappa shape index (κ2) is 6.62. The summed E-state index contributed by atoms with van der Waals surface area (Å²) in [4.78, 5) is 22.3. The van der Waals surface area contributed by atoms with Crippen molar-refractivity contribution in [3.63, 3.8) is 0 Å². The maximum absolute atomic E-state index is 13.2. The number of aromatic nitrogens is 2. The molecule has 5 nitrogen and oxygen atoms in total. The molecule has 1 aliphatic rings. The van der Waals surface area contributed by atoms with Gasteiger partial charge >= 0.3 is 0 Å². The summed E-state index contributed by atoms with van der Waals surface area (Å²) in [6, 6.07) is 6.12. The van der Waals surface area contributed by atoms with Crippen molar-refractivity contribution in [1.29, 1.82) is 0 Å². The lowest BCUT2D eigenvalue weighted by molar-refractivity contribution is -0.138. The Kier molecular flexibility index (Phi) is 4.39. The van der Waals surface area contributed by atoms with Crippen LogP contribution in [-0.2, 0) is 16.0 Å². The van der Waals surface area contributed by atoms with E-state index in [1.807, 2.05) is 0 Å². The molecule has 114 valence electrons. The van der Waals surface area contributed by atoms with E-state index in [0.29, 0.717) is 31.0 Å². The number of carbonyl (C=O) groups is 1. The molecule has 1 amide bonds. The smallest absolute Gasteiger partial charge is 0.227 e. The first-order valence-electron chi connectivity index (χ1n) is 7.12. The van der Waals surface area contributed by atoms with Gasteiger partial charge in [-0.2, -0.15) is 0 Å². The van der Waals surface area contributed by atoms with Gasteiger partial charge in [-0.3, -0.25) is 14.8 Å². The van der Waals surface area contributed by atoms with Crippen LogP contribution >= 0.6 is 0 Å². The van der Waals surface area contributed by atoms with E-state index in [9.17, 15) is 9.18 Å². The van der Waals surface area contributed by atoms with Crippen molar-refractivity contribution in [3.8, 4) is 0 Å². The van der Waals surface area contributed by atoms with Crippen LogP contribution in [-0.4, -0.2) is 40.5 Å². The van der Waals surface area contributed by atoms with Crippen molar-refractivity contribution in [2.45, 2.75) is 12.5 Å². The van der Waals surface area contributed by atoms with Crippen molar-refractivity contribution in [2.24, 2.45) is 0 Å². The predicted octanol–water partition coefficient (Wildman–Crippen LogP) is 1.76. The molecule has 1 saturated heterocycles. The minimum Gasteiger partial charge on any atom is -0.368 e. The van der Waals surface area contributed by atoms with Crippen LogP contribution in [0.1, 0.15) is 17.4 Å². The highest BCUT2D eigenvalue weighted by Crippen LogP contribution is 2.20. The SMILES string of the molecule is O=C(Cc1cccc(F)c1)N1CCO[C@@H](c2cnccn2)C1. The van der Waals surface area contributed by atoms with E-state index >= 15 is 0 Å². The molecule has 0 aliphatic carbocycles. The van der Waals surface area contributed by atoms with Gasteiger partial charge in [0.25, 0.3) is 0 Å². The highest BCUT2D eigenvalue weighted by atomic mass is 19.1. The number of carbonyl (C=O) groups excluding carboxylic acids is 1. The molecular formula is C16H16FN3O2. The summed E-state index contributed by atoms with van der Waals surface area (Å²) in [6.07, 6.45) is 4.76. The maximum atomic E-state index is 13.2. The number of hydrogen-bond donors (Lipinski definition) is 0. The van der Waals surface area contributed by atoms with Gasteiger partial charge in [-0.1, -0.05) is 12.1 Å². The van der Waals surface area contributed by atoms with Crippen molar-refractivity contribution in [1.82, 2.24) is 14.9 Å². The molecule has 1 aliphatic heterocycles. The minimum atomic E-state index is -0.329. The lowest BCUT2D eigenvalue weighted by atomic mass is 10.1. The van der Waals surface area contributed by atoms with Crippen LogP contribution in [0.25, 0.3) is 0 Å². The number of nitrogens with zero attached hydrogens (tertiary/aromatic N) is 3. The van der Waals surface area contributed by atoms with Gasteiger partial charge in [0.2, 0.25) is 5.91 Å². The van der Waals surface area contributed by atoms with E-state index in [-0.39, 0.29) is 24.2 Å². The molecule has 1 atom stereocenters. The third kappa shape index (κ3) is 3.46. The molecule has 0 spiro atoms. The molecule has 0 N–H and O–H groups in total. The van der Waals surface area contributed by atoms with Crippen LogP contribution in [0.15, 0.2) is 42.9 Å². The zero-order valence-corrected chi connectivity index (χ0v) is 12.0. The summed E-state index contributed by atoms with van der Waals surface area (Å²) in [5.41, 5.74) is 1.39. The van der Waals surface area contributed by atoms with Crippen LogP contribution < -0.4 is 0 Å². The van der Waals surface area contributed by atoms with E-state index in [0.717, 1.165) is 0 Å². The van der Waals surface area contributed by atoms with Crippen LogP contribution in [0.5, 0.6) is 0 Å². The zero-order valence-electron chi connectivity index (χ0n) is 12.0. The molecule has 2 heterocycles. The third-order valence-corrected chi connectivity index (χ3v) is 3.58. The average molecular weight is 301 g/mol. The Morgan fingerprint density at radius 1 is 1.41 bits per heavy atom. The molecule has 1 aromatic carbocycles. The predicted molar refractivity (Wildman–Crippen MR) is 77.4 cm³/mol. The fourth-order valence-corrected chi connectivity index (χ4v) is 2.46. The second-order valence-corrected chi connectivity index (χ2v) is 5.14. The standard InChI is InChI=1S/C16H16FN3O2/c17-13-3-1-2-12(8-13)9-16(21)20-6-7-22-15(11-20)14-10-18-4-5-19-14/h1-5,8,10,15H,6-7,9,11H2/t15-/m1/s1. The van der Waals surface area contributed by atoms with Gasteiger partial charge in [0.1, 0.15) is 11.9 Å². The Hall–Kier alpha value is -2.34. The monoisotopic (exact) mass is 301 g/mol. The molecule has 1 fully saturated rings. The molecule has 2 aromatic rings. The summed E-state index contributed by atoms with van der Waals surface area (Å²) in [7, 11) is 0. The highest BCUT2D eigenvalue weighted by Gasteiger charge is 2.26. The van der Waals surface area contributed by atoms with E-state index < -0.39 is 0 Å². The Bertz CT molecular complexity index is 651. The number of benzene rings is 1. The van der Waals surface area contributed by atoms with Crippen molar-refractivity contribution in [2.75, 3.05) is 19.7 Å². The lowest BCUT2D eigenvalue weighted by Gasteiger charge is -2.32. The highest BCUT2D eigenvalue weighted by molar-refractivity contribution is 5.78. The molecular weight excluding hydrogens is 285 g/mol. The number of hydrogen-bond acceptors (Lipinski definition) is 4. The number of halogens is 1. The lowest BCUT2D eigenvalue weighted by Crippen LogP contribution is -2.43. The molecule has 0 saturated carbocycles. The fraction of sp³-hybridized carbons (Fsp3) is 0.312. The zero-order chi connectivity index (χ0) is 15.4. The van der Waals surface area contributed by atoms with Crippen LogP contribution in [0, 0.1) is 5.82 Å². The van der Waals surface area contributed by atoms with Crippen LogP contribution in [0.3, 0.4) is 0 Å². The Morgan fingerprint density at radius 3 is 3.09 bits per heavy atom. The van der Waals surface area contributed by atoms with E-state index in [2.05, 4.69) is 9.97 Å². The Morgan fingerprint density at radius 2 is 2.32 bits per heavy atom. The van der Waals surface area contributed by atoms with Gasteiger partial charge in [0.15, 0.2) is 0 Å². The van der Waals surface area contributed by atoms with Gasteiger partial charge in [0.05, 0.1) is 31.5 Å². The summed E-state index contributed by atoms with van der Waals surface area (Å²) >= 11 is 0. The fourth-order valence-electron chi connectivity index (χ4n) is 2.46. The normalized spacial score (nSPS) is 18.2. The first-order valence-corrected chi connectivity index (χ1v) is 7.12. The Labute approximate surface area is 127 Å². The maximum Gasteiger partial charge on any atom is 0.227 e. The van der Waals surface area contributed by atoms with E-state index in [1.54, 1.807) is 35.6 Å². The number of rotatable bonds is 3. The van der Waals surface area contributed by atoms with Gasteiger partial charge in [0, 0.05) is 18.9 Å². The first kappa shape index (κ1) is 14.6. The molecule has 0 bridgehead atoms. The number of ether oxygens (including phenoxy) is 1. The van der Waals surface area contributed by atoms with Crippen molar-refractivity contribution < 1.29 is 13.9 Å². The number of morpholine rings is 1. The summed E-state index contributed by atoms with van der Waals surface area (Å²) < 4.78 is 18.8. The van der Waals surface area contributed by atoms with Gasteiger partial charge in [-0.05, 0) is 17.7 Å². The third-order valence-electron chi connectivity index (χ3n) is 3.58. The van der Waals surface area contributed by atoms with E-state index in [1.165, 1.54) is 12.1 Å². The van der Waals surface area contributed by atoms with Crippen LogP contribution in [0.2, 0.25) is 0 Å². The van der Waals surface area contributed by atoms with Gasteiger partial charge < -0.3 is 9.64 Å². The molecule has 0 radical (unpaired) electrons. The van der Waals surface area contributed by atoms with Crippen LogP contribution in [0.4, 0.5) is 4.39 Å². The average Bonchev–Trinajstić information content (AvgIpc) is 2.56. The summed E-state index contributed by atoms with van der Waals surface area (Å²) in [5.74, 6) is -0.368. The summed E-state index contributed by atoms with van der Waals surface area (Å²) in [6.45, 7) is 1.42. The topological polar surface area (TPSA) is 55.3 Å². The molecule has 3 rings (SSSR count).